The number of anilines is 1. The maximum absolute atomic E-state index is 12.7. The molecule has 5 nitrogen and oxygen atoms in total. The minimum Gasteiger partial charge on any atom is -0.369 e. The van der Waals surface area contributed by atoms with Crippen molar-refractivity contribution in [3.63, 3.8) is 0 Å². The molecule has 1 aromatic heterocycles. The van der Waals surface area contributed by atoms with Gasteiger partial charge < -0.3 is 15.5 Å². The van der Waals surface area contributed by atoms with E-state index < -0.39 is 11.9 Å². The van der Waals surface area contributed by atoms with E-state index in [9.17, 15) is 13.2 Å². The van der Waals surface area contributed by atoms with Crippen molar-refractivity contribution >= 4 is 34.6 Å². The van der Waals surface area contributed by atoms with Gasteiger partial charge in [0.05, 0.1) is 6.54 Å². The average Bonchev–Trinajstić information content (AvgIpc) is 3.29. The fraction of sp³-hybridized carbons (Fsp3) is 0.444. The van der Waals surface area contributed by atoms with Crippen LogP contribution in [0.5, 0.6) is 0 Å². The van der Waals surface area contributed by atoms with E-state index >= 15 is 0 Å². The number of thiazole rings is 1. The van der Waals surface area contributed by atoms with Gasteiger partial charge in [0.25, 0.3) is 0 Å². The number of benzene rings is 1. The van der Waals surface area contributed by atoms with Crippen molar-refractivity contribution in [2.24, 2.45) is 4.99 Å². The van der Waals surface area contributed by atoms with Gasteiger partial charge in [-0.05, 0) is 31.5 Å². The molecule has 1 fully saturated rings. The van der Waals surface area contributed by atoms with Crippen LogP contribution < -0.4 is 15.5 Å². The van der Waals surface area contributed by atoms with E-state index in [2.05, 4.69) is 25.5 Å². The monoisotopic (exact) mass is 431 g/mol. The number of guanidine groups is 1. The van der Waals surface area contributed by atoms with Crippen LogP contribution in [0.1, 0.15) is 24.0 Å². The van der Waals surface area contributed by atoms with Gasteiger partial charge in [0.15, 0.2) is 11.7 Å². The summed E-state index contributed by atoms with van der Waals surface area (Å²) in [5, 5.41) is 8.54. The number of aliphatic imine (C=N–C) groups is 1. The first kappa shape index (κ1) is 20.7. The molecule has 1 saturated heterocycles. The molecule has 1 unspecified atom stereocenters. The molecule has 0 radical (unpaired) electrons. The lowest BCUT2D eigenvalue weighted by molar-refractivity contribution is -0.140. The van der Waals surface area contributed by atoms with Gasteiger partial charge in [0, 0.05) is 41.8 Å². The first-order chi connectivity index (χ1) is 13.3. The van der Waals surface area contributed by atoms with Crippen molar-refractivity contribution in [1.82, 2.24) is 15.6 Å². The number of alkyl halides is 3. The zero-order chi connectivity index (χ0) is 20.1. The Morgan fingerprint density at radius 2 is 2.25 bits per heavy atom. The van der Waals surface area contributed by atoms with E-state index in [-0.39, 0.29) is 12.6 Å². The van der Waals surface area contributed by atoms with Gasteiger partial charge in [-0.1, -0.05) is 17.7 Å². The molecule has 1 aliphatic rings. The second kappa shape index (κ2) is 9.00. The van der Waals surface area contributed by atoms with Crippen LogP contribution in [0, 0.1) is 0 Å². The van der Waals surface area contributed by atoms with Crippen molar-refractivity contribution in [2.75, 3.05) is 24.5 Å². The Bertz CT molecular complexity index is 824. The average molecular weight is 432 g/mol. The minimum atomic E-state index is -4.42. The second-order valence-electron chi connectivity index (χ2n) is 6.38. The topological polar surface area (TPSA) is 52.6 Å². The Hall–Kier alpha value is -2.00. The van der Waals surface area contributed by atoms with E-state index in [1.165, 1.54) is 0 Å². The standard InChI is InChI=1S/C18H21ClF3N5S/c1-2-23-17(24-9-16-26-15(11-28-16)18(20,21)22)25-13-6-7-27(10-13)14-5-3-4-12(19)8-14/h3-5,8,11,13H,2,6-7,9-10H2,1H3,(H2,23,24,25). The molecule has 0 saturated carbocycles. The van der Waals surface area contributed by atoms with Crippen molar-refractivity contribution in [3.8, 4) is 0 Å². The Morgan fingerprint density at radius 3 is 2.93 bits per heavy atom. The first-order valence-electron chi connectivity index (χ1n) is 8.92. The number of halogens is 4. The van der Waals surface area contributed by atoms with Crippen LogP contribution >= 0.6 is 22.9 Å². The second-order valence-corrected chi connectivity index (χ2v) is 7.75. The molecule has 0 spiro atoms. The number of hydrogen-bond donors (Lipinski definition) is 2. The Kier molecular flexibility index (Phi) is 6.66. The van der Waals surface area contributed by atoms with Gasteiger partial charge in [-0.25, -0.2) is 9.98 Å². The minimum absolute atomic E-state index is 0.0980. The molecule has 28 heavy (non-hydrogen) atoms. The van der Waals surface area contributed by atoms with Crippen molar-refractivity contribution < 1.29 is 13.2 Å². The van der Waals surface area contributed by atoms with E-state index in [1.54, 1.807) is 0 Å². The predicted octanol–water partition coefficient (Wildman–Crippen LogP) is 4.15. The largest absolute Gasteiger partial charge is 0.434 e. The molecule has 1 aliphatic heterocycles. The summed E-state index contributed by atoms with van der Waals surface area (Å²) in [5.74, 6) is 0.573. The zero-order valence-corrected chi connectivity index (χ0v) is 16.8. The van der Waals surface area contributed by atoms with Crippen LogP contribution in [0.3, 0.4) is 0 Å². The van der Waals surface area contributed by atoms with E-state index in [1.807, 2.05) is 31.2 Å². The van der Waals surface area contributed by atoms with E-state index in [0.29, 0.717) is 22.5 Å². The Morgan fingerprint density at radius 1 is 1.43 bits per heavy atom. The summed E-state index contributed by atoms with van der Waals surface area (Å²) in [5.41, 5.74) is 0.204. The zero-order valence-electron chi connectivity index (χ0n) is 15.3. The number of rotatable bonds is 5. The van der Waals surface area contributed by atoms with Crippen LogP contribution in [0.2, 0.25) is 5.02 Å². The normalized spacial score (nSPS) is 17.8. The number of nitrogens with zero attached hydrogens (tertiary/aromatic N) is 3. The lowest BCUT2D eigenvalue weighted by Crippen LogP contribution is -2.44. The van der Waals surface area contributed by atoms with Gasteiger partial charge in [0.1, 0.15) is 5.01 Å². The Labute approximate surface area is 170 Å². The van der Waals surface area contributed by atoms with Crippen LogP contribution in [0.25, 0.3) is 0 Å². The highest BCUT2D eigenvalue weighted by Crippen LogP contribution is 2.30. The molecule has 10 heteroatoms. The molecule has 0 amide bonds. The fourth-order valence-corrected chi connectivity index (χ4v) is 3.87. The summed E-state index contributed by atoms with van der Waals surface area (Å²) in [4.78, 5) is 10.2. The summed E-state index contributed by atoms with van der Waals surface area (Å²) in [6.07, 6.45) is -3.50. The number of nitrogens with one attached hydrogen (secondary N) is 2. The van der Waals surface area contributed by atoms with Gasteiger partial charge >= 0.3 is 6.18 Å². The summed E-state index contributed by atoms with van der Waals surface area (Å²) in [6, 6.07) is 7.90. The molecule has 1 aromatic carbocycles. The third kappa shape index (κ3) is 5.51. The van der Waals surface area contributed by atoms with Crippen LogP contribution in [0.15, 0.2) is 34.6 Å². The maximum Gasteiger partial charge on any atom is 0.434 e. The first-order valence-corrected chi connectivity index (χ1v) is 10.2. The van der Waals surface area contributed by atoms with E-state index in [0.717, 1.165) is 41.9 Å². The van der Waals surface area contributed by atoms with E-state index in [4.69, 9.17) is 11.6 Å². The summed E-state index contributed by atoms with van der Waals surface area (Å²) < 4.78 is 38.0. The smallest absolute Gasteiger partial charge is 0.369 e. The lowest BCUT2D eigenvalue weighted by atomic mass is 10.3. The predicted molar refractivity (Wildman–Crippen MR) is 107 cm³/mol. The molecule has 2 heterocycles. The fourth-order valence-electron chi connectivity index (χ4n) is 2.96. The highest BCUT2D eigenvalue weighted by molar-refractivity contribution is 7.09. The molecule has 0 bridgehead atoms. The molecule has 152 valence electrons. The van der Waals surface area contributed by atoms with Crippen molar-refractivity contribution in [3.05, 3.63) is 45.4 Å². The van der Waals surface area contributed by atoms with Crippen molar-refractivity contribution in [2.45, 2.75) is 32.1 Å². The third-order valence-electron chi connectivity index (χ3n) is 4.26. The Balaban J connectivity index is 1.60. The molecule has 2 aromatic rings. The SMILES string of the molecule is CCNC(=NCc1nc(C(F)(F)F)cs1)NC1CCN(c2cccc(Cl)c2)C1. The van der Waals surface area contributed by atoms with Crippen LogP contribution in [-0.2, 0) is 12.7 Å². The van der Waals surface area contributed by atoms with Gasteiger partial charge in [-0.15, -0.1) is 11.3 Å². The molecule has 0 aliphatic carbocycles. The van der Waals surface area contributed by atoms with Crippen molar-refractivity contribution in [1.29, 1.82) is 0 Å². The lowest BCUT2D eigenvalue weighted by Gasteiger charge is -2.20. The third-order valence-corrected chi connectivity index (χ3v) is 5.33. The van der Waals surface area contributed by atoms with Gasteiger partial charge in [0.2, 0.25) is 0 Å². The number of aromatic nitrogens is 1. The molecule has 2 N–H and O–H groups in total. The molecule has 3 rings (SSSR count). The summed E-state index contributed by atoms with van der Waals surface area (Å²) in [7, 11) is 0. The number of hydrogen-bond acceptors (Lipinski definition) is 4. The van der Waals surface area contributed by atoms with Crippen LogP contribution in [-0.4, -0.2) is 36.6 Å². The molecular formula is C18H21ClF3N5S. The quantitative estimate of drug-likeness (QED) is 0.551. The maximum atomic E-state index is 12.7. The van der Waals surface area contributed by atoms with Gasteiger partial charge in [-0.2, -0.15) is 13.2 Å². The highest BCUT2D eigenvalue weighted by atomic mass is 35.5. The molecule has 1 atom stereocenters. The van der Waals surface area contributed by atoms with Gasteiger partial charge in [-0.3, -0.25) is 0 Å². The molecular weight excluding hydrogens is 411 g/mol. The highest BCUT2D eigenvalue weighted by Gasteiger charge is 2.33. The van der Waals surface area contributed by atoms with Crippen LogP contribution in [0.4, 0.5) is 18.9 Å². The summed E-state index contributed by atoms with van der Waals surface area (Å²) in [6.45, 7) is 4.37. The summed E-state index contributed by atoms with van der Waals surface area (Å²) >= 11 is 7.03.